The average Bonchev–Trinajstić information content (AvgIpc) is 2.26. The first-order valence-electron chi connectivity index (χ1n) is 5.39. The van der Waals surface area contributed by atoms with Crippen LogP contribution in [0.2, 0.25) is 0 Å². The maximum atomic E-state index is 12.3. The van der Waals surface area contributed by atoms with Crippen molar-refractivity contribution in [3.05, 3.63) is 35.4 Å². The van der Waals surface area contributed by atoms with Crippen LogP contribution in [0.1, 0.15) is 24.5 Å². The third-order valence-corrected chi connectivity index (χ3v) is 2.70. The van der Waals surface area contributed by atoms with Gasteiger partial charge in [-0.05, 0) is 31.0 Å². The van der Waals surface area contributed by atoms with Gasteiger partial charge < -0.3 is 5.32 Å². The molecule has 0 bridgehead atoms. The second kappa shape index (κ2) is 6.26. The van der Waals surface area contributed by atoms with Crippen molar-refractivity contribution in [1.82, 2.24) is 5.32 Å². The lowest BCUT2D eigenvalue weighted by Gasteiger charge is -2.12. The Morgan fingerprint density at radius 1 is 1.24 bits per heavy atom. The zero-order chi connectivity index (χ0) is 12.9. The molecule has 0 aliphatic heterocycles. The summed E-state index contributed by atoms with van der Waals surface area (Å²) in [6, 6.07) is 5.44. The molecule has 96 valence electrons. The molecular weight excluding hydrogens is 251 g/mol. The highest BCUT2D eigenvalue weighted by molar-refractivity contribution is 6.17. The SMILES string of the molecule is CC(CCCl)NCc1ccc(C(F)(F)F)cc1. The van der Waals surface area contributed by atoms with Crippen LogP contribution in [-0.4, -0.2) is 11.9 Å². The summed E-state index contributed by atoms with van der Waals surface area (Å²) in [6.07, 6.45) is -3.43. The number of halogens is 4. The highest BCUT2D eigenvalue weighted by Gasteiger charge is 2.29. The van der Waals surface area contributed by atoms with Crippen molar-refractivity contribution in [3.8, 4) is 0 Å². The Balaban J connectivity index is 2.51. The fraction of sp³-hybridized carbons (Fsp3) is 0.500. The van der Waals surface area contributed by atoms with Crippen molar-refractivity contribution in [2.24, 2.45) is 0 Å². The monoisotopic (exact) mass is 265 g/mol. The minimum Gasteiger partial charge on any atom is -0.310 e. The van der Waals surface area contributed by atoms with Crippen LogP contribution in [0.5, 0.6) is 0 Å². The van der Waals surface area contributed by atoms with Gasteiger partial charge in [0, 0.05) is 18.5 Å². The predicted octanol–water partition coefficient (Wildman–Crippen LogP) is 3.81. The van der Waals surface area contributed by atoms with Crippen LogP contribution in [0.4, 0.5) is 13.2 Å². The summed E-state index contributed by atoms with van der Waals surface area (Å²) in [5.74, 6) is 0.571. The summed E-state index contributed by atoms with van der Waals surface area (Å²) >= 11 is 5.58. The van der Waals surface area contributed by atoms with Crippen LogP contribution in [-0.2, 0) is 12.7 Å². The van der Waals surface area contributed by atoms with E-state index in [1.54, 1.807) is 0 Å². The number of hydrogen-bond acceptors (Lipinski definition) is 1. The van der Waals surface area contributed by atoms with Crippen LogP contribution < -0.4 is 5.32 Å². The van der Waals surface area contributed by atoms with Crippen LogP contribution >= 0.6 is 11.6 Å². The minimum atomic E-state index is -4.27. The average molecular weight is 266 g/mol. The molecule has 0 saturated heterocycles. The van der Waals surface area contributed by atoms with Gasteiger partial charge in [-0.2, -0.15) is 13.2 Å². The summed E-state index contributed by atoms with van der Waals surface area (Å²) in [6.45, 7) is 2.54. The topological polar surface area (TPSA) is 12.0 Å². The quantitative estimate of drug-likeness (QED) is 0.799. The molecule has 1 aromatic carbocycles. The molecule has 1 nitrogen and oxygen atoms in total. The van der Waals surface area contributed by atoms with E-state index in [0.717, 1.165) is 24.1 Å². The van der Waals surface area contributed by atoms with Gasteiger partial charge in [0.15, 0.2) is 0 Å². The second-order valence-electron chi connectivity index (χ2n) is 3.95. The van der Waals surface area contributed by atoms with E-state index in [4.69, 9.17) is 11.6 Å². The lowest BCUT2D eigenvalue weighted by Crippen LogP contribution is -2.25. The van der Waals surface area contributed by atoms with Crippen LogP contribution in [0.15, 0.2) is 24.3 Å². The number of rotatable bonds is 5. The number of nitrogens with one attached hydrogen (secondary N) is 1. The van der Waals surface area contributed by atoms with Gasteiger partial charge in [-0.1, -0.05) is 12.1 Å². The van der Waals surface area contributed by atoms with Crippen molar-refractivity contribution in [2.75, 3.05) is 5.88 Å². The van der Waals surface area contributed by atoms with Gasteiger partial charge in [0.1, 0.15) is 0 Å². The van der Waals surface area contributed by atoms with E-state index in [1.807, 2.05) is 6.92 Å². The van der Waals surface area contributed by atoms with Crippen LogP contribution in [0, 0.1) is 0 Å². The summed E-state index contributed by atoms with van der Waals surface area (Å²) in [7, 11) is 0. The maximum Gasteiger partial charge on any atom is 0.416 e. The van der Waals surface area contributed by atoms with Crippen molar-refractivity contribution in [3.63, 3.8) is 0 Å². The van der Waals surface area contributed by atoms with Gasteiger partial charge >= 0.3 is 6.18 Å². The molecular formula is C12H15ClF3N. The molecule has 1 unspecified atom stereocenters. The normalized spacial score (nSPS) is 13.7. The largest absolute Gasteiger partial charge is 0.416 e. The van der Waals surface area contributed by atoms with Gasteiger partial charge in [0.2, 0.25) is 0 Å². The smallest absolute Gasteiger partial charge is 0.310 e. The Kier molecular flexibility index (Phi) is 5.28. The lowest BCUT2D eigenvalue weighted by atomic mass is 10.1. The molecule has 0 aliphatic carbocycles. The lowest BCUT2D eigenvalue weighted by molar-refractivity contribution is -0.137. The summed E-state index contributed by atoms with van der Waals surface area (Å²) in [5, 5.41) is 3.19. The van der Waals surface area contributed by atoms with E-state index in [9.17, 15) is 13.2 Å². The van der Waals surface area contributed by atoms with Gasteiger partial charge in [-0.15, -0.1) is 11.6 Å². The molecule has 0 amide bonds. The third-order valence-electron chi connectivity index (χ3n) is 2.48. The molecule has 0 radical (unpaired) electrons. The molecule has 1 N–H and O–H groups in total. The van der Waals surface area contributed by atoms with Gasteiger partial charge in [-0.3, -0.25) is 0 Å². The number of alkyl halides is 4. The van der Waals surface area contributed by atoms with E-state index in [0.29, 0.717) is 12.4 Å². The first-order valence-corrected chi connectivity index (χ1v) is 5.92. The molecule has 0 aromatic heterocycles. The first kappa shape index (κ1) is 14.3. The van der Waals surface area contributed by atoms with E-state index < -0.39 is 11.7 Å². The molecule has 5 heteroatoms. The van der Waals surface area contributed by atoms with Crippen molar-refractivity contribution >= 4 is 11.6 Å². The molecule has 1 aromatic rings. The molecule has 17 heavy (non-hydrogen) atoms. The van der Waals surface area contributed by atoms with Crippen molar-refractivity contribution < 1.29 is 13.2 Å². The second-order valence-corrected chi connectivity index (χ2v) is 4.33. The van der Waals surface area contributed by atoms with Gasteiger partial charge in [-0.25, -0.2) is 0 Å². The summed E-state index contributed by atoms with van der Waals surface area (Å²) in [4.78, 5) is 0. The molecule has 0 spiro atoms. The summed E-state index contributed by atoms with van der Waals surface area (Å²) in [5.41, 5.74) is 0.217. The molecule has 0 aliphatic rings. The van der Waals surface area contributed by atoms with Gasteiger partial charge in [0.25, 0.3) is 0 Å². The van der Waals surface area contributed by atoms with Crippen LogP contribution in [0.25, 0.3) is 0 Å². The zero-order valence-corrected chi connectivity index (χ0v) is 10.3. The number of benzene rings is 1. The molecule has 0 saturated carbocycles. The number of hydrogen-bond donors (Lipinski definition) is 1. The molecule has 0 fully saturated rings. The van der Waals surface area contributed by atoms with E-state index in [2.05, 4.69) is 5.32 Å². The Morgan fingerprint density at radius 2 is 1.82 bits per heavy atom. The van der Waals surface area contributed by atoms with Gasteiger partial charge in [0.05, 0.1) is 5.56 Å². The highest BCUT2D eigenvalue weighted by atomic mass is 35.5. The molecule has 1 atom stereocenters. The third kappa shape index (κ3) is 4.96. The maximum absolute atomic E-state index is 12.3. The summed E-state index contributed by atoms with van der Waals surface area (Å²) < 4.78 is 36.9. The zero-order valence-electron chi connectivity index (χ0n) is 9.52. The van der Waals surface area contributed by atoms with E-state index in [-0.39, 0.29) is 6.04 Å². The van der Waals surface area contributed by atoms with Crippen LogP contribution in [0.3, 0.4) is 0 Å². The van der Waals surface area contributed by atoms with E-state index in [1.165, 1.54) is 12.1 Å². The fourth-order valence-electron chi connectivity index (χ4n) is 1.37. The Labute approximate surface area is 104 Å². The minimum absolute atomic E-state index is 0.259. The predicted molar refractivity (Wildman–Crippen MR) is 63.1 cm³/mol. The Bertz CT molecular complexity index is 335. The first-order chi connectivity index (χ1) is 7.93. The van der Waals surface area contributed by atoms with Crippen molar-refractivity contribution in [2.45, 2.75) is 32.1 Å². The molecule has 1 rings (SSSR count). The highest BCUT2D eigenvalue weighted by Crippen LogP contribution is 2.29. The van der Waals surface area contributed by atoms with Crippen molar-refractivity contribution in [1.29, 1.82) is 0 Å². The Hall–Kier alpha value is -0.740. The van der Waals surface area contributed by atoms with E-state index >= 15 is 0 Å². The fourth-order valence-corrected chi connectivity index (χ4v) is 1.70. The molecule has 0 heterocycles. The standard InChI is InChI=1S/C12H15ClF3N/c1-9(6-7-13)17-8-10-2-4-11(5-3-10)12(14,15)16/h2-5,9,17H,6-8H2,1H3. The Morgan fingerprint density at radius 3 is 2.29 bits per heavy atom.